The molecule has 0 bridgehead atoms. The summed E-state index contributed by atoms with van der Waals surface area (Å²) in [5.74, 6) is 3.03. The van der Waals surface area contributed by atoms with E-state index in [1.54, 1.807) is 19.2 Å². The zero-order chi connectivity index (χ0) is 13.0. The number of hydrogen-bond donors (Lipinski definition) is 0. The van der Waals surface area contributed by atoms with E-state index < -0.39 is 0 Å². The molecule has 0 N–H and O–H groups in total. The van der Waals surface area contributed by atoms with Gasteiger partial charge in [-0.25, -0.2) is 0 Å². The van der Waals surface area contributed by atoms with Gasteiger partial charge in [-0.2, -0.15) is 0 Å². The van der Waals surface area contributed by atoms with E-state index in [-0.39, 0.29) is 5.78 Å². The lowest BCUT2D eigenvalue weighted by Gasteiger charge is -2.06. The highest BCUT2D eigenvalue weighted by Crippen LogP contribution is 2.23. The van der Waals surface area contributed by atoms with E-state index in [1.807, 2.05) is 11.0 Å². The van der Waals surface area contributed by atoms with Gasteiger partial charge in [-0.1, -0.05) is 15.9 Å². The molecular weight excluding hydrogens is 294 g/mol. The van der Waals surface area contributed by atoms with E-state index in [2.05, 4.69) is 27.9 Å². The number of carbonyl (C=O) groups is 1. The molecule has 1 fully saturated rings. The molecule has 94 valence electrons. The molecule has 1 saturated heterocycles. The molecule has 1 heterocycles. The Bertz CT molecular complexity index is 510. The van der Waals surface area contributed by atoms with Crippen LogP contribution in [0.1, 0.15) is 23.2 Å². The van der Waals surface area contributed by atoms with Crippen LogP contribution in [0.2, 0.25) is 0 Å². The van der Waals surface area contributed by atoms with E-state index >= 15 is 0 Å². The molecule has 18 heavy (non-hydrogen) atoms. The van der Waals surface area contributed by atoms with Crippen molar-refractivity contribution in [3.8, 4) is 17.7 Å². The largest absolute Gasteiger partial charge is 0.496 e. The van der Waals surface area contributed by atoms with Gasteiger partial charge in [-0.3, -0.25) is 4.79 Å². The van der Waals surface area contributed by atoms with Crippen LogP contribution in [0.25, 0.3) is 0 Å². The number of ether oxygens (including phenoxy) is 1. The Morgan fingerprint density at radius 3 is 2.78 bits per heavy atom. The fourth-order valence-electron chi connectivity index (χ4n) is 1.88. The summed E-state index contributed by atoms with van der Waals surface area (Å²) >= 11 is 3.34. The molecule has 0 spiro atoms. The molecule has 1 aromatic carbocycles. The second-order valence-corrected chi connectivity index (χ2v) is 5.02. The number of Topliss-reactive ketones (excluding diaryl/α,β-unsaturated/α-hetero) is 1. The molecule has 3 nitrogen and oxygen atoms in total. The maximum absolute atomic E-state index is 12.0. The number of carbonyl (C=O) groups excluding carboxylic acids is 1. The van der Waals surface area contributed by atoms with Gasteiger partial charge >= 0.3 is 0 Å². The van der Waals surface area contributed by atoms with Crippen LogP contribution in [0.15, 0.2) is 22.7 Å². The second kappa shape index (κ2) is 5.92. The van der Waals surface area contributed by atoms with Gasteiger partial charge < -0.3 is 9.64 Å². The van der Waals surface area contributed by atoms with Crippen LogP contribution in [0.4, 0.5) is 0 Å². The van der Waals surface area contributed by atoms with Crippen LogP contribution >= 0.6 is 15.9 Å². The quantitative estimate of drug-likeness (QED) is 0.621. The van der Waals surface area contributed by atoms with E-state index in [9.17, 15) is 4.79 Å². The highest BCUT2D eigenvalue weighted by molar-refractivity contribution is 9.10. The number of nitrogens with zero attached hydrogens (tertiary/aromatic N) is 1. The van der Waals surface area contributed by atoms with Crippen molar-refractivity contribution in [1.82, 2.24) is 4.90 Å². The maximum Gasteiger partial charge on any atom is 0.241 e. The number of ketones is 1. The average molecular weight is 308 g/mol. The van der Waals surface area contributed by atoms with Gasteiger partial charge in [0.2, 0.25) is 5.78 Å². The Balaban J connectivity index is 2.19. The minimum Gasteiger partial charge on any atom is -0.496 e. The molecule has 0 unspecified atom stereocenters. The standard InChI is InChI=1S/C14H14BrNO2/c1-18-14-5-4-11(15)10-12(14)13(17)6-9-16-7-2-3-8-16/h4-5,10H,2-3,7-8H2,1H3. The van der Waals surface area contributed by atoms with Crippen molar-refractivity contribution in [2.45, 2.75) is 12.8 Å². The van der Waals surface area contributed by atoms with Gasteiger partial charge in [0.1, 0.15) is 5.75 Å². The van der Waals surface area contributed by atoms with Gasteiger partial charge in [-0.05, 0) is 31.0 Å². The Morgan fingerprint density at radius 2 is 2.11 bits per heavy atom. The summed E-state index contributed by atoms with van der Waals surface area (Å²) in [6.07, 6.45) is 2.31. The fraction of sp³-hybridized carbons (Fsp3) is 0.357. The lowest BCUT2D eigenvalue weighted by molar-refractivity contribution is 0.105. The van der Waals surface area contributed by atoms with E-state index in [4.69, 9.17) is 4.74 Å². The maximum atomic E-state index is 12.0. The SMILES string of the molecule is COc1ccc(Br)cc1C(=O)C#CN1CCCC1. The van der Waals surface area contributed by atoms with Gasteiger partial charge in [0.25, 0.3) is 0 Å². The molecular formula is C14H14BrNO2. The smallest absolute Gasteiger partial charge is 0.241 e. The number of halogens is 1. The number of likely N-dealkylation sites (tertiary alicyclic amines) is 1. The van der Waals surface area contributed by atoms with Crippen molar-refractivity contribution in [2.24, 2.45) is 0 Å². The number of benzene rings is 1. The second-order valence-electron chi connectivity index (χ2n) is 4.10. The molecule has 0 atom stereocenters. The van der Waals surface area contributed by atoms with Crippen molar-refractivity contribution in [1.29, 1.82) is 0 Å². The van der Waals surface area contributed by atoms with Gasteiger partial charge in [-0.15, -0.1) is 0 Å². The molecule has 0 amide bonds. The minimum atomic E-state index is -0.208. The summed E-state index contributed by atoms with van der Waals surface area (Å²) in [7, 11) is 1.55. The lowest BCUT2D eigenvalue weighted by Crippen LogP contribution is -2.12. The molecule has 2 rings (SSSR count). The summed E-state index contributed by atoms with van der Waals surface area (Å²) in [6.45, 7) is 1.91. The Morgan fingerprint density at radius 1 is 1.39 bits per heavy atom. The first-order valence-electron chi connectivity index (χ1n) is 5.85. The van der Waals surface area contributed by atoms with Crippen molar-refractivity contribution < 1.29 is 9.53 Å². The van der Waals surface area contributed by atoms with Crippen molar-refractivity contribution in [2.75, 3.05) is 20.2 Å². The minimum absolute atomic E-state index is 0.208. The summed E-state index contributed by atoms with van der Waals surface area (Å²) in [5, 5.41) is 0. The zero-order valence-corrected chi connectivity index (χ0v) is 11.8. The van der Waals surface area contributed by atoms with Crippen LogP contribution in [-0.2, 0) is 0 Å². The summed E-state index contributed by atoms with van der Waals surface area (Å²) in [5.41, 5.74) is 0.499. The predicted molar refractivity (Wildman–Crippen MR) is 73.6 cm³/mol. The van der Waals surface area contributed by atoms with Crippen molar-refractivity contribution >= 4 is 21.7 Å². The highest BCUT2D eigenvalue weighted by atomic mass is 79.9. The molecule has 0 aliphatic carbocycles. The third kappa shape index (κ3) is 3.05. The van der Waals surface area contributed by atoms with Gasteiger partial charge in [0.05, 0.1) is 12.7 Å². The number of methoxy groups -OCH3 is 1. The third-order valence-corrected chi connectivity index (χ3v) is 3.33. The van der Waals surface area contributed by atoms with Gasteiger partial charge in [0, 0.05) is 29.5 Å². The summed E-state index contributed by atoms with van der Waals surface area (Å²) in [6, 6.07) is 8.25. The molecule has 1 aromatic rings. The molecule has 1 aliphatic heterocycles. The van der Waals surface area contributed by atoms with E-state index in [0.717, 1.165) is 30.4 Å². The van der Waals surface area contributed by atoms with E-state index in [1.165, 1.54) is 0 Å². The normalized spacial score (nSPS) is 14.0. The fourth-order valence-corrected chi connectivity index (χ4v) is 2.24. The van der Waals surface area contributed by atoms with Crippen LogP contribution in [0, 0.1) is 12.0 Å². The number of hydrogen-bond acceptors (Lipinski definition) is 3. The topological polar surface area (TPSA) is 29.5 Å². The third-order valence-electron chi connectivity index (χ3n) is 2.84. The molecule has 0 saturated carbocycles. The summed E-state index contributed by atoms with van der Waals surface area (Å²) < 4.78 is 6.01. The van der Waals surface area contributed by atoms with Crippen LogP contribution in [0.3, 0.4) is 0 Å². The average Bonchev–Trinajstić information content (AvgIpc) is 2.89. The Hall–Kier alpha value is -1.47. The highest BCUT2D eigenvalue weighted by Gasteiger charge is 2.12. The monoisotopic (exact) mass is 307 g/mol. The molecule has 1 aliphatic rings. The van der Waals surface area contributed by atoms with E-state index in [0.29, 0.717) is 11.3 Å². The molecule has 0 aromatic heterocycles. The molecule has 4 heteroatoms. The zero-order valence-electron chi connectivity index (χ0n) is 10.2. The molecule has 0 radical (unpaired) electrons. The Kier molecular flexibility index (Phi) is 4.27. The van der Waals surface area contributed by atoms with Crippen molar-refractivity contribution in [3.05, 3.63) is 28.2 Å². The van der Waals surface area contributed by atoms with Crippen molar-refractivity contribution in [3.63, 3.8) is 0 Å². The number of rotatable bonds is 2. The predicted octanol–water partition coefficient (Wildman–Crippen LogP) is 2.70. The first-order chi connectivity index (χ1) is 8.70. The van der Waals surface area contributed by atoms with Crippen LogP contribution in [-0.4, -0.2) is 30.9 Å². The first kappa shape index (κ1) is 13.0. The first-order valence-corrected chi connectivity index (χ1v) is 6.64. The summed E-state index contributed by atoms with van der Waals surface area (Å²) in [4.78, 5) is 14.0. The van der Waals surface area contributed by atoms with Gasteiger partial charge in [0.15, 0.2) is 0 Å². The van der Waals surface area contributed by atoms with Crippen LogP contribution < -0.4 is 4.74 Å². The van der Waals surface area contributed by atoms with Crippen LogP contribution in [0.5, 0.6) is 5.75 Å². The Labute approximate surface area is 115 Å². The lowest BCUT2D eigenvalue weighted by atomic mass is 10.1.